The Hall–Kier alpha value is -3.83. The Labute approximate surface area is 388 Å². The molecule has 0 radical (unpaired) electrons. The van der Waals surface area contributed by atoms with Gasteiger partial charge in [-0.1, -0.05) is 27.7 Å². The maximum Gasteiger partial charge on any atom is 0.310 e. The number of esters is 5. The molecule has 21 nitrogen and oxygen atoms in total. The molecular weight excluding hydrogens is 874 g/mol. The standard InChI is InChI=1S/C45H75NO20/c1-15-18-34(54)63-42-26(6)59-36(22-44(42,9)65-32(52)16-2)64-39-25(5)60-40(41(62-28(8)49)38(39)46(10)11)37(43(58-14)45(55,21-31(50)51)66-33(53)17-3)29(20-35(56-12)57-13)19-24(4)30(23-47)61-27(7)48/h23-26,29-30,35-43,55H,15-22H2,1-14H3,(H,50,51)/t24?,25-,26+,29?,30?,36-,37+,38+,39-,40+,41-,42+,43?,44-,45?/m1/s1. The van der Waals surface area contributed by atoms with Crippen LogP contribution < -0.4 is 0 Å². The Kier molecular flexibility index (Phi) is 23.5. The molecule has 0 bridgehead atoms. The van der Waals surface area contributed by atoms with Crippen molar-refractivity contribution in [2.75, 3.05) is 35.4 Å². The summed E-state index contributed by atoms with van der Waals surface area (Å²) in [5, 5.41) is 22.5. The number of carboxylic acids is 1. The number of aliphatic carboxylic acids is 1. The first-order chi connectivity index (χ1) is 30.9. The van der Waals surface area contributed by atoms with E-state index in [1.807, 2.05) is 6.92 Å². The van der Waals surface area contributed by atoms with Gasteiger partial charge in [0.25, 0.3) is 0 Å². The normalized spacial score (nSPS) is 28.7. The molecule has 0 aromatic rings. The molecule has 0 aromatic carbocycles. The minimum Gasteiger partial charge on any atom is -0.481 e. The molecule has 0 aromatic heterocycles. The molecule has 2 aliphatic heterocycles. The highest BCUT2D eigenvalue weighted by molar-refractivity contribution is 5.72. The predicted octanol–water partition coefficient (Wildman–Crippen LogP) is 3.11. The third-order valence-corrected chi connectivity index (χ3v) is 12.0. The maximum atomic E-state index is 13.3. The third-order valence-electron chi connectivity index (χ3n) is 12.0. The molecule has 5 unspecified atom stereocenters. The van der Waals surface area contributed by atoms with E-state index in [0.717, 1.165) is 6.92 Å². The van der Waals surface area contributed by atoms with Gasteiger partial charge in [-0.05, 0) is 53.6 Å². The van der Waals surface area contributed by atoms with Crippen LogP contribution in [0.5, 0.6) is 0 Å². The van der Waals surface area contributed by atoms with Crippen LogP contribution >= 0.6 is 0 Å². The second-order valence-corrected chi connectivity index (χ2v) is 17.5. The number of aliphatic hydroxyl groups is 1. The summed E-state index contributed by atoms with van der Waals surface area (Å²) in [7, 11) is 7.30. The first kappa shape index (κ1) is 58.3. The molecule has 2 heterocycles. The molecule has 66 heavy (non-hydrogen) atoms. The van der Waals surface area contributed by atoms with Crippen molar-refractivity contribution in [1.29, 1.82) is 0 Å². The molecule has 0 spiro atoms. The average molecular weight is 950 g/mol. The number of methoxy groups -OCH3 is 3. The molecule has 2 rings (SSSR count). The van der Waals surface area contributed by atoms with Gasteiger partial charge in [-0.25, -0.2) is 0 Å². The van der Waals surface area contributed by atoms with E-state index in [9.17, 15) is 43.8 Å². The summed E-state index contributed by atoms with van der Waals surface area (Å²) >= 11 is 0. The number of hydrogen-bond donors (Lipinski definition) is 2. The number of likely N-dealkylation sites (N-methyl/N-ethyl adjacent to an activating group) is 1. The second-order valence-electron chi connectivity index (χ2n) is 17.5. The second kappa shape index (κ2) is 26.6. The van der Waals surface area contributed by atoms with Gasteiger partial charge in [0.2, 0.25) is 5.79 Å². The summed E-state index contributed by atoms with van der Waals surface area (Å²) in [6.07, 6.45) is -12.3. The smallest absolute Gasteiger partial charge is 0.310 e. The molecule has 2 N–H and O–H groups in total. The lowest BCUT2D eigenvalue weighted by Crippen LogP contribution is -2.69. The van der Waals surface area contributed by atoms with E-state index in [-0.39, 0.29) is 38.5 Å². The summed E-state index contributed by atoms with van der Waals surface area (Å²) in [6, 6.07) is -0.945. The lowest BCUT2D eigenvalue weighted by Gasteiger charge is -2.54. The number of hydrogen-bond acceptors (Lipinski definition) is 20. The molecule has 15 atom stereocenters. The molecule has 2 saturated heterocycles. The van der Waals surface area contributed by atoms with Crippen LogP contribution in [0.2, 0.25) is 0 Å². The van der Waals surface area contributed by atoms with E-state index in [4.69, 9.17) is 52.1 Å². The Balaban J connectivity index is 2.97. The van der Waals surface area contributed by atoms with Gasteiger partial charge in [0.15, 0.2) is 36.7 Å². The predicted molar refractivity (Wildman–Crippen MR) is 230 cm³/mol. The van der Waals surface area contributed by atoms with E-state index in [1.165, 1.54) is 35.2 Å². The Morgan fingerprint density at radius 2 is 1.48 bits per heavy atom. The highest BCUT2D eigenvalue weighted by atomic mass is 16.7. The topological polar surface area (TPSA) is 265 Å². The maximum absolute atomic E-state index is 13.3. The van der Waals surface area contributed by atoms with Gasteiger partial charge < -0.3 is 67.2 Å². The average Bonchev–Trinajstić information content (AvgIpc) is 3.22. The van der Waals surface area contributed by atoms with Gasteiger partial charge in [-0.2, -0.15) is 0 Å². The quantitative estimate of drug-likeness (QED) is 0.0518. The fourth-order valence-corrected chi connectivity index (χ4v) is 9.13. The van der Waals surface area contributed by atoms with Gasteiger partial charge in [-0.15, -0.1) is 0 Å². The summed E-state index contributed by atoms with van der Waals surface area (Å²) in [6.45, 7) is 13.8. The summed E-state index contributed by atoms with van der Waals surface area (Å²) in [4.78, 5) is 90.6. The van der Waals surface area contributed by atoms with Crippen LogP contribution in [-0.2, 0) is 85.7 Å². The van der Waals surface area contributed by atoms with Crippen molar-refractivity contribution in [3.05, 3.63) is 0 Å². The first-order valence-electron chi connectivity index (χ1n) is 22.5. The van der Waals surface area contributed by atoms with Gasteiger partial charge in [0.1, 0.15) is 30.8 Å². The zero-order chi connectivity index (χ0) is 50.3. The van der Waals surface area contributed by atoms with E-state index < -0.39 is 139 Å². The van der Waals surface area contributed by atoms with Crippen molar-refractivity contribution >= 4 is 42.1 Å². The van der Waals surface area contributed by atoms with Gasteiger partial charge >= 0.3 is 35.8 Å². The molecule has 2 aliphatic rings. The molecule has 0 saturated carbocycles. The van der Waals surface area contributed by atoms with E-state index in [0.29, 0.717) is 12.7 Å². The van der Waals surface area contributed by atoms with E-state index in [2.05, 4.69) is 0 Å². The van der Waals surface area contributed by atoms with Crippen LogP contribution in [0.3, 0.4) is 0 Å². The van der Waals surface area contributed by atoms with Crippen LogP contribution in [0.4, 0.5) is 0 Å². The summed E-state index contributed by atoms with van der Waals surface area (Å²) in [5.41, 5.74) is -1.42. The van der Waals surface area contributed by atoms with Crippen molar-refractivity contribution in [3.63, 3.8) is 0 Å². The van der Waals surface area contributed by atoms with Crippen molar-refractivity contribution in [1.82, 2.24) is 4.90 Å². The fourth-order valence-electron chi connectivity index (χ4n) is 9.13. The van der Waals surface area contributed by atoms with Crippen molar-refractivity contribution in [2.24, 2.45) is 17.8 Å². The van der Waals surface area contributed by atoms with Crippen molar-refractivity contribution in [3.8, 4) is 0 Å². The fraction of sp³-hybridized carbons (Fsp3) is 0.844. The monoisotopic (exact) mass is 949 g/mol. The Morgan fingerprint density at radius 3 is 1.97 bits per heavy atom. The molecule has 21 heteroatoms. The third kappa shape index (κ3) is 15.9. The van der Waals surface area contributed by atoms with Gasteiger partial charge in [0, 0.05) is 79.1 Å². The van der Waals surface area contributed by atoms with E-state index in [1.54, 1.807) is 53.6 Å². The molecule has 0 aliphatic carbocycles. The van der Waals surface area contributed by atoms with Crippen molar-refractivity contribution in [2.45, 2.75) is 193 Å². The van der Waals surface area contributed by atoms with Crippen LogP contribution in [0.25, 0.3) is 0 Å². The minimum atomic E-state index is -2.90. The number of carbonyl (C=O) groups excluding carboxylic acids is 6. The zero-order valence-corrected chi connectivity index (χ0v) is 41.0. The number of carboxylic acid groups (broad SMARTS) is 1. The number of carbonyl (C=O) groups is 7. The summed E-state index contributed by atoms with van der Waals surface area (Å²) in [5.74, 6) is -11.0. The number of rotatable bonds is 27. The molecular formula is C45H75NO20. The SMILES string of the molecule is CCCC(=O)O[C@H]1[C@H](C)O[C@H](O[C@H]2[C@H](N(C)C)[C@@H](OC(C)=O)[C@H]([C@H](C(CC(OC)OC)CC(C)C(C=O)OC(C)=O)C(OC)C(O)(CC(=O)O)OC(=O)CC)O[C@@H]2C)C[C@@]1(C)OC(=O)CC. The number of aldehydes is 1. The van der Waals surface area contributed by atoms with Gasteiger partial charge in [-0.3, -0.25) is 33.6 Å². The largest absolute Gasteiger partial charge is 0.481 e. The van der Waals surface area contributed by atoms with Crippen LogP contribution in [0, 0.1) is 17.8 Å². The highest BCUT2D eigenvalue weighted by Gasteiger charge is 2.60. The van der Waals surface area contributed by atoms with Crippen LogP contribution in [0.15, 0.2) is 0 Å². The van der Waals surface area contributed by atoms with Crippen LogP contribution in [0.1, 0.15) is 114 Å². The number of nitrogens with zero attached hydrogens (tertiary/aromatic N) is 1. The Bertz CT molecular complexity index is 1610. The van der Waals surface area contributed by atoms with Gasteiger partial charge in [0.05, 0.1) is 18.2 Å². The summed E-state index contributed by atoms with van der Waals surface area (Å²) < 4.78 is 66.1. The lowest BCUT2D eigenvalue weighted by atomic mass is 9.70. The molecule has 2 fully saturated rings. The Morgan fingerprint density at radius 1 is 0.864 bits per heavy atom. The lowest BCUT2D eigenvalue weighted by molar-refractivity contribution is -0.326. The first-order valence-corrected chi connectivity index (χ1v) is 22.5. The van der Waals surface area contributed by atoms with Crippen molar-refractivity contribution < 1.29 is 95.9 Å². The highest BCUT2D eigenvalue weighted by Crippen LogP contribution is 2.45. The minimum absolute atomic E-state index is 0.0331. The molecule has 0 amide bonds. The van der Waals surface area contributed by atoms with E-state index >= 15 is 0 Å². The van der Waals surface area contributed by atoms with Crippen LogP contribution in [-0.4, -0.2) is 171 Å². The number of ether oxygens (including phenoxy) is 11. The molecule has 380 valence electrons. The zero-order valence-electron chi connectivity index (χ0n) is 41.0.